The van der Waals surface area contributed by atoms with Crippen molar-refractivity contribution < 1.29 is 8.42 Å². The fourth-order valence-electron chi connectivity index (χ4n) is 2.52. The standard InChI is InChI=1S/C13H29N5O2S/c1-5-6-11(12(14)15)17-7-9-18(10-8-17)21(19,20)16-13(2,3)4/h11,16H,5-10H2,1-4H3,(H3,14,15). The summed E-state index contributed by atoms with van der Waals surface area (Å²) in [5, 5.41) is 7.67. The predicted molar refractivity (Wildman–Crippen MR) is 85.6 cm³/mol. The van der Waals surface area contributed by atoms with E-state index in [1.807, 2.05) is 20.8 Å². The highest BCUT2D eigenvalue weighted by molar-refractivity contribution is 7.87. The van der Waals surface area contributed by atoms with Crippen molar-refractivity contribution in [3.05, 3.63) is 0 Å². The molecule has 1 unspecified atom stereocenters. The molecule has 0 aromatic rings. The van der Waals surface area contributed by atoms with Gasteiger partial charge >= 0.3 is 0 Å². The average molecular weight is 319 g/mol. The number of hydrogen-bond acceptors (Lipinski definition) is 4. The molecule has 8 heteroatoms. The molecular formula is C13H29N5O2S. The Hall–Kier alpha value is -0.700. The van der Waals surface area contributed by atoms with E-state index in [1.54, 1.807) is 0 Å². The van der Waals surface area contributed by atoms with E-state index in [0.29, 0.717) is 26.2 Å². The molecule has 4 N–H and O–H groups in total. The maximum absolute atomic E-state index is 12.3. The van der Waals surface area contributed by atoms with Gasteiger partial charge in [0.1, 0.15) is 5.84 Å². The Morgan fingerprint density at radius 3 is 2.19 bits per heavy atom. The van der Waals surface area contributed by atoms with Crippen LogP contribution >= 0.6 is 0 Å². The number of nitrogens with zero attached hydrogens (tertiary/aromatic N) is 2. The molecule has 0 saturated carbocycles. The van der Waals surface area contributed by atoms with Gasteiger partial charge in [0.2, 0.25) is 0 Å². The van der Waals surface area contributed by atoms with Crippen LogP contribution in [0.1, 0.15) is 40.5 Å². The molecule has 1 aliphatic rings. The molecule has 0 aliphatic carbocycles. The van der Waals surface area contributed by atoms with Gasteiger partial charge in [-0.05, 0) is 27.2 Å². The van der Waals surface area contributed by atoms with E-state index in [9.17, 15) is 8.42 Å². The van der Waals surface area contributed by atoms with Crippen LogP contribution in [-0.4, -0.2) is 61.2 Å². The molecule has 0 spiro atoms. The summed E-state index contributed by atoms with van der Waals surface area (Å²) in [7, 11) is -3.45. The molecule has 7 nitrogen and oxygen atoms in total. The van der Waals surface area contributed by atoms with Gasteiger partial charge in [0.25, 0.3) is 10.2 Å². The van der Waals surface area contributed by atoms with Gasteiger partial charge in [0, 0.05) is 31.7 Å². The lowest BCUT2D eigenvalue weighted by Crippen LogP contribution is -2.58. The maximum atomic E-state index is 12.3. The third-order valence-corrected chi connectivity index (χ3v) is 5.33. The topological polar surface area (TPSA) is 103 Å². The number of nitrogens with one attached hydrogen (secondary N) is 2. The number of hydrogen-bond donors (Lipinski definition) is 3. The Morgan fingerprint density at radius 1 is 1.29 bits per heavy atom. The summed E-state index contributed by atoms with van der Waals surface area (Å²) < 4.78 is 28.7. The molecule has 0 aromatic carbocycles. The van der Waals surface area contributed by atoms with E-state index in [-0.39, 0.29) is 11.9 Å². The van der Waals surface area contributed by atoms with Gasteiger partial charge in [-0.2, -0.15) is 17.4 Å². The van der Waals surface area contributed by atoms with Crippen LogP contribution < -0.4 is 10.5 Å². The van der Waals surface area contributed by atoms with Crippen molar-refractivity contribution in [3.63, 3.8) is 0 Å². The van der Waals surface area contributed by atoms with Crippen LogP contribution in [-0.2, 0) is 10.2 Å². The molecule has 1 aliphatic heterocycles. The summed E-state index contributed by atoms with van der Waals surface area (Å²) in [6.07, 6.45) is 1.79. The Morgan fingerprint density at radius 2 is 1.81 bits per heavy atom. The highest BCUT2D eigenvalue weighted by Crippen LogP contribution is 2.14. The molecule has 0 amide bonds. The smallest absolute Gasteiger partial charge is 0.280 e. The van der Waals surface area contributed by atoms with Crippen molar-refractivity contribution in [2.75, 3.05) is 26.2 Å². The molecule has 1 fully saturated rings. The molecule has 1 saturated heterocycles. The van der Waals surface area contributed by atoms with E-state index in [1.165, 1.54) is 4.31 Å². The Labute approximate surface area is 128 Å². The predicted octanol–water partition coefficient (Wildman–Crippen LogP) is 0.342. The zero-order valence-electron chi connectivity index (χ0n) is 13.5. The lowest BCUT2D eigenvalue weighted by Gasteiger charge is -2.39. The minimum Gasteiger partial charge on any atom is -0.386 e. The normalized spacial score (nSPS) is 20.4. The number of amidine groups is 1. The van der Waals surface area contributed by atoms with Gasteiger partial charge in [-0.25, -0.2) is 0 Å². The molecule has 1 heterocycles. The fourth-order valence-corrected chi connectivity index (χ4v) is 4.06. The molecule has 1 rings (SSSR count). The highest BCUT2D eigenvalue weighted by Gasteiger charge is 2.32. The minimum absolute atomic E-state index is 0.0737. The molecule has 0 aromatic heterocycles. The maximum Gasteiger partial charge on any atom is 0.280 e. The fraction of sp³-hybridized carbons (Fsp3) is 0.923. The summed E-state index contributed by atoms with van der Waals surface area (Å²) >= 11 is 0. The molecule has 124 valence electrons. The van der Waals surface area contributed by atoms with Gasteiger partial charge in [-0.3, -0.25) is 10.3 Å². The van der Waals surface area contributed by atoms with Crippen molar-refractivity contribution in [3.8, 4) is 0 Å². The van der Waals surface area contributed by atoms with Crippen molar-refractivity contribution in [2.24, 2.45) is 5.73 Å². The summed E-state index contributed by atoms with van der Waals surface area (Å²) in [6, 6.07) is -0.0737. The van der Waals surface area contributed by atoms with Crippen LogP contribution in [0.4, 0.5) is 0 Å². The quantitative estimate of drug-likeness (QED) is 0.485. The van der Waals surface area contributed by atoms with Crippen LogP contribution in [0.2, 0.25) is 0 Å². The number of piperazine rings is 1. The number of rotatable bonds is 6. The second-order valence-electron chi connectivity index (χ2n) is 6.55. The van der Waals surface area contributed by atoms with Gasteiger partial charge in [0.15, 0.2) is 0 Å². The van der Waals surface area contributed by atoms with E-state index in [0.717, 1.165) is 12.8 Å². The summed E-state index contributed by atoms with van der Waals surface area (Å²) in [4.78, 5) is 2.11. The van der Waals surface area contributed by atoms with E-state index in [4.69, 9.17) is 11.1 Å². The lowest BCUT2D eigenvalue weighted by atomic mass is 10.1. The SMILES string of the molecule is CCCC(C(=N)N)N1CCN(S(=O)(=O)NC(C)(C)C)CC1. The van der Waals surface area contributed by atoms with Crippen LogP contribution in [0.5, 0.6) is 0 Å². The van der Waals surface area contributed by atoms with Crippen LogP contribution in [0.3, 0.4) is 0 Å². The van der Waals surface area contributed by atoms with E-state index in [2.05, 4.69) is 16.5 Å². The highest BCUT2D eigenvalue weighted by atomic mass is 32.2. The number of nitrogens with two attached hydrogens (primary N) is 1. The van der Waals surface area contributed by atoms with Crippen molar-refractivity contribution in [2.45, 2.75) is 52.1 Å². The Kier molecular flexibility index (Phi) is 6.15. The van der Waals surface area contributed by atoms with Crippen LogP contribution in [0.15, 0.2) is 0 Å². The third kappa shape index (κ3) is 5.54. The Bertz CT molecular complexity index is 450. The molecule has 0 bridgehead atoms. The summed E-state index contributed by atoms with van der Waals surface area (Å²) in [5.74, 6) is 0.168. The zero-order chi connectivity index (χ0) is 16.3. The van der Waals surface area contributed by atoms with E-state index >= 15 is 0 Å². The van der Waals surface area contributed by atoms with Crippen LogP contribution in [0.25, 0.3) is 0 Å². The first-order valence-corrected chi connectivity index (χ1v) is 8.88. The second kappa shape index (κ2) is 7.04. The summed E-state index contributed by atoms with van der Waals surface area (Å²) in [5.41, 5.74) is 5.17. The van der Waals surface area contributed by atoms with E-state index < -0.39 is 15.7 Å². The summed E-state index contributed by atoms with van der Waals surface area (Å²) in [6.45, 7) is 9.61. The van der Waals surface area contributed by atoms with Gasteiger partial charge in [-0.15, -0.1) is 0 Å². The molecule has 0 radical (unpaired) electrons. The van der Waals surface area contributed by atoms with Crippen molar-refractivity contribution >= 4 is 16.0 Å². The molecular weight excluding hydrogens is 290 g/mol. The second-order valence-corrected chi connectivity index (χ2v) is 8.22. The van der Waals surface area contributed by atoms with Crippen molar-refractivity contribution in [1.29, 1.82) is 5.41 Å². The average Bonchev–Trinajstić information content (AvgIpc) is 2.33. The first-order chi connectivity index (χ1) is 9.57. The lowest BCUT2D eigenvalue weighted by molar-refractivity contribution is 0.159. The minimum atomic E-state index is -3.45. The van der Waals surface area contributed by atoms with Gasteiger partial charge in [-0.1, -0.05) is 13.3 Å². The third-order valence-electron chi connectivity index (χ3n) is 3.41. The molecule has 1 atom stereocenters. The zero-order valence-corrected chi connectivity index (χ0v) is 14.3. The first-order valence-electron chi connectivity index (χ1n) is 7.44. The molecule has 21 heavy (non-hydrogen) atoms. The Balaban J connectivity index is 2.65. The van der Waals surface area contributed by atoms with Gasteiger partial charge < -0.3 is 5.73 Å². The largest absolute Gasteiger partial charge is 0.386 e. The van der Waals surface area contributed by atoms with Crippen LogP contribution in [0, 0.1) is 5.41 Å². The first kappa shape index (κ1) is 18.3. The van der Waals surface area contributed by atoms with Gasteiger partial charge in [0.05, 0.1) is 6.04 Å². The van der Waals surface area contributed by atoms with Crippen molar-refractivity contribution in [1.82, 2.24) is 13.9 Å². The monoisotopic (exact) mass is 319 g/mol.